The fourth-order valence-corrected chi connectivity index (χ4v) is 4.62. The van der Waals surface area contributed by atoms with Crippen molar-refractivity contribution in [1.82, 2.24) is 10.2 Å². The van der Waals surface area contributed by atoms with E-state index < -0.39 is 12.0 Å². The smallest absolute Gasteiger partial charge is 0.330 e. The number of hydrogen-bond donors (Lipinski definition) is 1. The molecule has 0 spiro atoms. The highest BCUT2D eigenvalue weighted by molar-refractivity contribution is 8.01. The highest BCUT2D eigenvalue weighted by Crippen LogP contribution is 2.47. The van der Waals surface area contributed by atoms with Gasteiger partial charge in [0.1, 0.15) is 6.04 Å². The monoisotopic (exact) mass is 382 g/mol. The summed E-state index contributed by atoms with van der Waals surface area (Å²) in [4.78, 5) is 37.4. The van der Waals surface area contributed by atoms with Gasteiger partial charge in [-0.25, -0.2) is 4.79 Å². The summed E-state index contributed by atoms with van der Waals surface area (Å²) in [6.07, 6.45) is 1.19. The summed E-state index contributed by atoms with van der Waals surface area (Å²) in [5.74, 6) is -0.424. The van der Waals surface area contributed by atoms with Crippen LogP contribution in [0.5, 0.6) is 0 Å². The van der Waals surface area contributed by atoms with Crippen molar-refractivity contribution >= 4 is 41.1 Å². The summed E-state index contributed by atoms with van der Waals surface area (Å²) in [5.41, 5.74) is 0.898. The molecular formula is C17H19ClN2O4S. The number of halogens is 1. The molecule has 2 aliphatic rings. The first-order valence-electron chi connectivity index (χ1n) is 8.03. The molecule has 2 saturated heterocycles. The Morgan fingerprint density at radius 1 is 1.40 bits per heavy atom. The van der Waals surface area contributed by atoms with E-state index in [9.17, 15) is 14.4 Å². The van der Waals surface area contributed by atoms with E-state index in [1.54, 1.807) is 28.8 Å². The Kier molecular flexibility index (Phi) is 5.24. The second kappa shape index (κ2) is 7.25. The Balaban J connectivity index is 1.46. The lowest BCUT2D eigenvalue weighted by molar-refractivity contribution is -0.156. The molecule has 0 radical (unpaired) electrons. The molecule has 1 N–H and O–H groups in total. The van der Waals surface area contributed by atoms with Crippen LogP contribution in [0.15, 0.2) is 24.3 Å². The zero-order chi connectivity index (χ0) is 18.0. The Hall–Kier alpha value is -1.73. The number of benzene rings is 1. The third-order valence-electron chi connectivity index (χ3n) is 4.47. The number of ether oxygens (including phenoxy) is 1. The van der Waals surface area contributed by atoms with Gasteiger partial charge in [-0.1, -0.05) is 23.7 Å². The zero-order valence-electron chi connectivity index (χ0n) is 13.8. The molecule has 1 aromatic carbocycles. The van der Waals surface area contributed by atoms with E-state index in [0.29, 0.717) is 23.7 Å². The van der Waals surface area contributed by atoms with Crippen LogP contribution in [0.3, 0.4) is 0 Å². The molecule has 1 aromatic rings. The Morgan fingerprint density at radius 3 is 2.84 bits per heavy atom. The molecule has 0 unspecified atom stereocenters. The van der Waals surface area contributed by atoms with Crippen molar-refractivity contribution in [2.45, 2.75) is 37.2 Å². The van der Waals surface area contributed by atoms with E-state index in [0.717, 1.165) is 12.0 Å². The fourth-order valence-electron chi connectivity index (χ4n) is 3.08. The number of nitrogens with zero attached hydrogens (tertiary/aromatic N) is 1. The van der Waals surface area contributed by atoms with Gasteiger partial charge in [-0.15, -0.1) is 11.8 Å². The average molecular weight is 383 g/mol. The van der Waals surface area contributed by atoms with Crippen molar-refractivity contribution in [1.29, 1.82) is 0 Å². The molecule has 8 heteroatoms. The van der Waals surface area contributed by atoms with Gasteiger partial charge < -0.3 is 15.0 Å². The Labute approximate surface area is 155 Å². The van der Waals surface area contributed by atoms with Crippen molar-refractivity contribution in [3.63, 3.8) is 0 Å². The second-order valence-electron chi connectivity index (χ2n) is 6.28. The maximum absolute atomic E-state index is 12.3. The SMILES string of the molecule is C[C@@]12CCC(=O)N1[C@@H](C(=O)OCC(=O)NCc1ccc(Cl)cc1)CS2. The lowest BCUT2D eigenvalue weighted by Crippen LogP contribution is -2.47. The number of thioether (sulfide) groups is 1. The number of rotatable bonds is 5. The van der Waals surface area contributed by atoms with Gasteiger partial charge in [0.2, 0.25) is 5.91 Å². The average Bonchev–Trinajstić information content (AvgIpc) is 3.08. The Bertz CT molecular complexity index is 696. The molecule has 0 aromatic heterocycles. The number of hydrogen-bond acceptors (Lipinski definition) is 5. The molecule has 6 nitrogen and oxygen atoms in total. The molecule has 0 aliphatic carbocycles. The predicted octanol–water partition coefficient (Wildman–Crippen LogP) is 1.95. The van der Waals surface area contributed by atoms with Crippen molar-refractivity contribution in [2.24, 2.45) is 0 Å². The normalized spacial score (nSPS) is 25.0. The molecule has 2 heterocycles. The topological polar surface area (TPSA) is 75.7 Å². The van der Waals surface area contributed by atoms with Gasteiger partial charge in [-0.2, -0.15) is 0 Å². The van der Waals surface area contributed by atoms with Crippen molar-refractivity contribution < 1.29 is 19.1 Å². The van der Waals surface area contributed by atoms with Crippen LogP contribution in [0.4, 0.5) is 0 Å². The summed E-state index contributed by atoms with van der Waals surface area (Å²) < 4.78 is 5.12. The molecular weight excluding hydrogens is 364 g/mol. The first kappa shape index (κ1) is 18.1. The number of fused-ring (bicyclic) bond motifs is 1. The van der Waals surface area contributed by atoms with E-state index in [1.165, 1.54) is 0 Å². The van der Waals surface area contributed by atoms with E-state index in [1.807, 2.05) is 19.1 Å². The van der Waals surface area contributed by atoms with Gasteiger partial charge in [0.05, 0.1) is 4.87 Å². The van der Waals surface area contributed by atoms with Crippen LogP contribution in [-0.4, -0.2) is 46.0 Å². The highest BCUT2D eigenvalue weighted by atomic mass is 35.5. The van der Waals surface area contributed by atoms with Crippen LogP contribution in [0, 0.1) is 0 Å². The maximum Gasteiger partial charge on any atom is 0.330 e. The molecule has 2 amide bonds. The van der Waals surface area contributed by atoms with Crippen LogP contribution in [0.25, 0.3) is 0 Å². The van der Waals surface area contributed by atoms with Crippen LogP contribution in [0.1, 0.15) is 25.3 Å². The highest BCUT2D eigenvalue weighted by Gasteiger charge is 2.53. The van der Waals surface area contributed by atoms with Crippen molar-refractivity contribution in [3.8, 4) is 0 Å². The minimum Gasteiger partial charge on any atom is -0.454 e. The summed E-state index contributed by atoms with van der Waals surface area (Å²) in [5, 5.41) is 3.31. The molecule has 2 fully saturated rings. The van der Waals surface area contributed by atoms with Gasteiger partial charge in [-0.05, 0) is 31.0 Å². The van der Waals surface area contributed by atoms with Gasteiger partial charge in [0.15, 0.2) is 6.61 Å². The quantitative estimate of drug-likeness (QED) is 0.788. The standard InChI is InChI=1S/C17H19ClN2O4S/c1-17-7-6-15(22)20(17)13(10-25-17)16(23)24-9-14(21)19-8-11-2-4-12(18)5-3-11/h2-5,13H,6-10H2,1H3,(H,19,21)/t13-,17-/m1/s1. The molecule has 0 bridgehead atoms. The summed E-state index contributed by atoms with van der Waals surface area (Å²) in [6, 6.07) is 6.50. The van der Waals surface area contributed by atoms with Crippen molar-refractivity contribution in [3.05, 3.63) is 34.9 Å². The van der Waals surface area contributed by atoms with Gasteiger partial charge in [-0.3, -0.25) is 9.59 Å². The van der Waals surface area contributed by atoms with E-state index in [-0.39, 0.29) is 23.3 Å². The molecule has 2 atom stereocenters. The molecule has 134 valence electrons. The Morgan fingerprint density at radius 2 is 2.12 bits per heavy atom. The predicted molar refractivity (Wildman–Crippen MR) is 95.0 cm³/mol. The number of amides is 2. The lowest BCUT2D eigenvalue weighted by atomic mass is 10.2. The zero-order valence-corrected chi connectivity index (χ0v) is 15.4. The largest absolute Gasteiger partial charge is 0.454 e. The van der Waals surface area contributed by atoms with Crippen LogP contribution in [0.2, 0.25) is 5.02 Å². The first-order valence-corrected chi connectivity index (χ1v) is 9.39. The molecule has 3 rings (SSSR count). The van der Waals surface area contributed by atoms with E-state index >= 15 is 0 Å². The second-order valence-corrected chi connectivity index (χ2v) is 8.21. The lowest BCUT2D eigenvalue weighted by Gasteiger charge is -2.29. The van der Waals surface area contributed by atoms with Gasteiger partial charge >= 0.3 is 5.97 Å². The molecule has 0 saturated carbocycles. The summed E-state index contributed by atoms with van der Waals surface area (Å²) >= 11 is 7.40. The number of carbonyl (C=O) groups is 3. The van der Waals surface area contributed by atoms with Crippen LogP contribution >= 0.6 is 23.4 Å². The van der Waals surface area contributed by atoms with Crippen LogP contribution in [-0.2, 0) is 25.7 Å². The van der Waals surface area contributed by atoms with Gasteiger partial charge in [0, 0.05) is 23.7 Å². The van der Waals surface area contributed by atoms with Crippen LogP contribution < -0.4 is 5.32 Å². The van der Waals surface area contributed by atoms with Gasteiger partial charge in [0.25, 0.3) is 5.91 Å². The third kappa shape index (κ3) is 3.93. The number of nitrogens with one attached hydrogen (secondary N) is 1. The minimum atomic E-state index is -0.603. The summed E-state index contributed by atoms with van der Waals surface area (Å²) in [6.45, 7) is 1.94. The summed E-state index contributed by atoms with van der Waals surface area (Å²) in [7, 11) is 0. The number of esters is 1. The molecule has 25 heavy (non-hydrogen) atoms. The number of carbonyl (C=O) groups excluding carboxylic acids is 3. The first-order chi connectivity index (χ1) is 11.9. The van der Waals surface area contributed by atoms with E-state index in [4.69, 9.17) is 16.3 Å². The fraction of sp³-hybridized carbons (Fsp3) is 0.471. The minimum absolute atomic E-state index is 0.0263. The molecule has 2 aliphatic heterocycles. The van der Waals surface area contributed by atoms with Crippen molar-refractivity contribution in [2.75, 3.05) is 12.4 Å². The maximum atomic E-state index is 12.3. The van der Waals surface area contributed by atoms with E-state index in [2.05, 4.69) is 5.32 Å². The third-order valence-corrected chi connectivity index (χ3v) is 6.22.